The molecular formula is C115H145Br2FN10O16S2. The van der Waals surface area contributed by atoms with E-state index < -0.39 is 89.4 Å². The van der Waals surface area contributed by atoms with Crippen molar-refractivity contribution in [3.05, 3.63) is 221 Å². The number of ketones is 4. The lowest BCUT2D eigenvalue weighted by atomic mass is 9.84. The van der Waals surface area contributed by atoms with Crippen LogP contribution in [0.15, 0.2) is 159 Å². The van der Waals surface area contributed by atoms with Crippen LogP contribution in [0.4, 0.5) is 4.39 Å². The van der Waals surface area contributed by atoms with Crippen molar-refractivity contribution < 1.29 is 82.4 Å². The molecule has 8 amide bonds. The first-order chi connectivity index (χ1) is 69.5. The van der Waals surface area contributed by atoms with Gasteiger partial charge >= 0.3 is 0 Å². The van der Waals surface area contributed by atoms with Gasteiger partial charge in [-0.3, -0.25) is 57.5 Å². The SMILES string of the molecule is CC(C)[C@@H](C(=O)N1C[C@H](O)C[C@H]1C(=O)CCc1ccc(Br)cc1)N1Cc2cc(F)ccc2C1=O.CC(C)[C@@H](C(=O)N1C[C@H](O)C[C@H]1C(=O)CCc1ccc(Br)cc1)N1Cc2ccccc2C1=O.Cc1ncsc1-c1ccc(CCC(=O)[C@@H]2C[C@@H](O)CN2C(=O)[C@@H](NC(=O)CC2CCCCC2)C(C)(C)C)cc1.Cc1ncsc1-c1ccc(CCC(=O)[C@@H]2C[C@@H](O)CN2C(=O)[C@@H](NC(=O)CCC2CCCCC2)C(C)(C)C)cc1. The lowest BCUT2D eigenvalue weighted by Gasteiger charge is -2.35. The minimum atomic E-state index is -0.810. The van der Waals surface area contributed by atoms with Crippen molar-refractivity contribution in [1.29, 1.82) is 0 Å². The van der Waals surface area contributed by atoms with Gasteiger partial charge in [-0.15, -0.1) is 22.7 Å². The second-order valence-electron chi connectivity index (χ2n) is 43.8. The monoisotopic (exact) mass is 2160 g/mol. The molecule has 0 radical (unpaired) electrons. The summed E-state index contributed by atoms with van der Waals surface area (Å²) in [7, 11) is 0. The number of carbonyl (C=O) groups excluding carboxylic acids is 12. The molecule has 26 nitrogen and oxygen atoms in total. The summed E-state index contributed by atoms with van der Waals surface area (Å²) in [5.74, 6) is -1.95. The van der Waals surface area contributed by atoms with Gasteiger partial charge < -0.3 is 60.5 Å². The minimum absolute atomic E-state index is 0.0523. The Labute approximate surface area is 883 Å². The van der Waals surface area contributed by atoms with E-state index in [1.807, 2.05) is 185 Å². The van der Waals surface area contributed by atoms with Crippen LogP contribution in [-0.2, 0) is 86.7 Å². The number of aliphatic hydroxyl groups excluding tert-OH is 4. The van der Waals surface area contributed by atoms with E-state index in [2.05, 4.69) is 76.7 Å². The zero-order chi connectivity index (χ0) is 105. The molecule has 784 valence electrons. The highest BCUT2D eigenvalue weighted by Gasteiger charge is 2.51. The molecule has 31 heteroatoms. The number of thiazole rings is 2. The number of fused-ring (bicyclic) bond motifs is 2. The van der Waals surface area contributed by atoms with Gasteiger partial charge in [0, 0.05) is 124 Å². The van der Waals surface area contributed by atoms with E-state index in [-0.39, 0.29) is 160 Å². The predicted octanol–water partition coefficient (Wildman–Crippen LogP) is 17.9. The van der Waals surface area contributed by atoms with E-state index in [4.69, 9.17) is 0 Å². The average molecular weight is 2170 g/mol. The Hall–Kier alpha value is -10.3. The normalized spacial score (nSPS) is 20.9. The molecule has 12 atom stereocenters. The number of benzene rings is 6. The molecule has 6 fully saturated rings. The van der Waals surface area contributed by atoms with Gasteiger partial charge in [-0.25, -0.2) is 14.4 Å². The van der Waals surface area contributed by atoms with Crippen molar-refractivity contribution in [3.8, 4) is 20.9 Å². The Morgan fingerprint density at radius 1 is 0.425 bits per heavy atom. The first kappa shape index (κ1) is 113. The zero-order valence-corrected chi connectivity index (χ0v) is 91.1. The molecule has 0 unspecified atom stereocenters. The highest BCUT2D eigenvalue weighted by Crippen LogP contribution is 2.39. The number of nitrogens with one attached hydrogen (secondary N) is 2. The van der Waals surface area contributed by atoms with Crippen molar-refractivity contribution in [3.63, 3.8) is 0 Å². The summed E-state index contributed by atoms with van der Waals surface area (Å²) in [6.45, 7) is 24.0. The number of aliphatic hydroxyl groups is 4. The van der Waals surface area contributed by atoms with Crippen LogP contribution in [0, 0.1) is 54.2 Å². The number of halogens is 3. The number of amides is 8. The van der Waals surface area contributed by atoms with Crippen LogP contribution in [0.5, 0.6) is 0 Å². The maximum atomic E-state index is 13.8. The van der Waals surface area contributed by atoms with Crippen molar-refractivity contribution in [1.82, 2.24) is 50.0 Å². The van der Waals surface area contributed by atoms with Gasteiger partial charge in [0.15, 0.2) is 23.1 Å². The zero-order valence-electron chi connectivity index (χ0n) is 86.3. The molecule has 2 aliphatic carbocycles. The molecule has 6 aliphatic heterocycles. The Morgan fingerprint density at radius 3 is 1.11 bits per heavy atom. The Kier molecular flexibility index (Phi) is 39.7. The number of aromatic nitrogens is 2. The number of β-amino-alcohol motifs (C(OH)–C–C–N with tert-alkyl or cyclic N) is 4. The summed E-state index contributed by atoms with van der Waals surface area (Å²) >= 11 is 10.0. The molecule has 0 spiro atoms. The van der Waals surface area contributed by atoms with Crippen LogP contribution in [0.25, 0.3) is 20.9 Å². The number of rotatable bonds is 33. The summed E-state index contributed by atoms with van der Waals surface area (Å²) in [6.07, 6.45) is 14.7. The number of aryl methyl sites for hydroxylation is 6. The van der Waals surface area contributed by atoms with Crippen LogP contribution in [0.1, 0.15) is 270 Å². The maximum absolute atomic E-state index is 13.8. The fourth-order valence-electron chi connectivity index (χ4n) is 21.8. The van der Waals surface area contributed by atoms with Gasteiger partial charge in [0.2, 0.25) is 35.4 Å². The van der Waals surface area contributed by atoms with Gasteiger partial charge in [-0.2, -0.15) is 0 Å². The third-order valence-electron chi connectivity index (χ3n) is 29.9. The number of hydrogen-bond donors (Lipinski definition) is 6. The number of likely N-dealkylation sites (tertiary alicyclic amines) is 4. The van der Waals surface area contributed by atoms with Crippen LogP contribution >= 0.6 is 54.5 Å². The lowest BCUT2D eigenvalue weighted by molar-refractivity contribution is -0.143. The average Bonchev–Trinajstić information content (AvgIpc) is 1.62. The van der Waals surface area contributed by atoms with Crippen LogP contribution in [0.2, 0.25) is 0 Å². The number of hydrogen-bond acceptors (Lipinski definition) is 20. The molecule has 6 aromatic carbocycles. The minimum Gasteiger partial charge on any atom is -0.391 e. The Bertz CT molecular complexity index is 5890. The van der Waals surface area contributed by atoms with E-state index >= 15 is 0 Å². The molecule has 4 saturated heterocycles. The molecule has 8 heterocycles. The summed E-state index contributed by atoms with van der Waals surface area (Å²) in [5.41, 5.74) is 13.5. The molecule has 0 bridgehead atoms. The topological polar surface area (TPSA) is 355 Å². The van der Waals surface area contributed by atoms with Gasteiger partial charge in [0.1, 0.15) is 30.0 Å². The summed E-state index contributed by atoms with van der Waals surface area (Å²) in [4.78, 5) is 180. The van der Waals surface area contributed by atoms with Gasteiger partial charge in [-0.1, -0.05) is 243 Å². The molecule has 2 saturated carbocycles. The largest absolute Gasteiger partial charge is 0.391 e. The van der Waals surface area contributed by atoms with E-state index in [1.54, 1.807) is 33.6 Å². The molecule has 16 rings (SSSR count). The first-order valence-corrected chi connectivity index (χ1v) is 55.4. The Morgan fingerprint density at radius 2 is 0.760 bits per heavy atom. The Balaban J connectivity index is 0.000000163. The van der Waals surface area contributed by atoms with E-state index in [1.165, 1.54) is 81.2 Å². The van der Waals surface area contributed by atoms with E-state index in [0.717, 1.165) is 101 Å². The standard InChI is InChI=1S/C32H45N3O4S.C31H43N3O4S.C26H28BrFN2O4.C26H29BrN2O4/c1-21-29(40-20-33-21)24-14-10-23(11-15-24)12-16-27(37)26-18-25(36)19-35(26)31(39)30(32(2,3)4)34-28(38)17-13-22-8-6-5-7-9-22;1-20-28(39-19-32-20)23-13-10-21(11-14-23)12-15-26(36)25-17-24(35)18-34(25)30(38)29(31(2,3)4)33-27(37)16-22-8-6-5-7-9-22;1-15(2)24(30-13-17-11-19(28)8-9-21(17)25(30)33)26(34)29-14-20(31)12-22(29)23(32)10-5-16-3-6-18(27)7-4-16;1-16(2)24(29-14-18-5-3-4-6-21(18)25(29)32)26(33)28-15-20(30)13-22(28)23(31)12-9-17-7-10-19(27)11-8-17/h10-11,14-15,20,22,25-26,30,36H,5-9,12-13,16-19H2,1-4H3,(H,34,38);10-11,13-14,19,22,24-25,29,35H,5-9,12,15-18H2,1-4H3,(H,33,37);3-4,6-9,11,15,20,22,24,31H,5,10,12-14H2,1-2H3;3-8,10-11,16,20,22,24,30H,9,12-15H2,1-2H3/t25-,26+,30-;24-,25+,29-;2*20-,22+,24+/m1111/s1. The summed E-state index contributed by atoms with van der Waals surface area (Å²) in [6, 6.07) is 37.6. The predicted molar refractivity (Wildman–Crippen MR) is 570 cm³/mol. The molecule has 2 aromatic heterocycles. The van der Waals surface area contributed by atoms with Gasteiger partial charge in [0.25, 0.3) is 11.8 Å². The first-order valence-electron chi connectivity index (χ1n) is 52.1. The summed E-state index contributed by atoms with van der Waals surface area (Å²) in [5, 5.41) is 47.6. The van der Waals surface area contributed by atoms with Crippen LogP contribution < -0.4 is 10.6 Å². The highest BCUT2D eigenvalue weighted by molar-refractivity contribution is 9.10. The van der Waals surface area contributed by atoms with E-state index in [9.17, 15) is 82.4 Å². The highest BCUT2D eigenvalue weighted by atomic mass is 79.9. The van der Waals surface area contributed by atoms with Crippen molar-refractivity contribution in [2.24, 2.45) is 34.5 Å². The van der Waals surface area contributed by atoms with Gasteiger partial charge in [-0.05, 0) is 186 Å². The summed E-state index contributed by atoms with van der Waals surface area (Å²) < 4.78 is 15.6. The van der Waals surface area contributed by atoms with Crippen molar-refractivity contribution >= 4 is 125 Å². The third-order valence-corrected chi connectivity index (χ3v) is 32.9. The second kappa shape index (κ2) is 51.3. The quantitative estimate of drug-likeness (QED) is 0.0222. The van der Waals surface area contributed by atoms with Gasteiger partial charge in [0.05, 0.1) is 80.7 Å². The molecule has 146 heavy (non-hydrogen) atoms. The molecule has 8 aromatic rings. The molecular weight excluding hydrogens is 2020 g/mol. The number of Topliss-reactive ketones (excluding diaryl/α,β-unsaturated/α-hetero) is 4. The fourth-order valence-corrected chi connectivity index (χ4v) is 23.9. The number of carbonyl (C=O) groups is 12. The third kappa shape index (κ3) is 29.5. The smallest absolute Gasteiger partial charge is 0.255 e. The van der Waals surface area contributed by atoms with Crippen LogP contribution in [-0.4, -0.2) is 229 Å². The maximum Gasteiger partial charge on any atom is 0.255 e. The van der Waals surface area contributed by atoms with Crippen LogP contribution in [0.3, 0.4) is 0 Å². The number of nitrogens with zero attached hydrogens (tertiary/aromatic N) is 8. The second-order valence-corrected chi connectivity index (χ2v) is 47.4. The van der Waals surface area contributed by atoms with Crippen molar-refractivity contribution in [2.75, 3.05) is 26.2 Å². The molecule has 8 aliphatic rings. The molecule has 6 N–H and O–H groups in total. The van der Waals surface area contributed by atoms with Crippen molar-refractivity contribution in [2.45, 2.75) is 329 Å². The van der Waals surface area contributed by atoms with E-state index in [0.29, 0.717) is 80.0 Å². The lowest BCUT2D eigenvalue weighted by Crippen LogP contribution is -2.57. The fraction of sp³-hybridized carbons (Fsp3) is 0.530.